The Hall–Kier alpha value is -1.15. The van der Waals surface area contributed by atoms with Crippen LogP contribution in [0, 0.1) is 0 Å². The van der Waals surface area contributed by atoms with Crippen molar-refractivity contribution >= 4 is 23.6 Å². The molecule has 0 saturated heterocycles. The molecule has 1 aliphatic heterocycles. The van der Waals surface area contributed by atoms with Gasteiger partial charge in [-0.2, -0.15) is 0 Å². The van der Waals surface area contributed by atoms with Crippen LogP contribution in [0.3, 0.4) is 0 Å². The molecule has 0 aliphatic carbocycles. The lowest BCUT2D eigenvalue weighted by molar-refractivity contribution is -0.112. The van der Waals surface area contributed by atoms with Gasteiger partial charge in [0.25, 0.3) is 5.91 Å². The van der Waals surface area contributed by atoms with Gasteiger partial charge in [-0.3, -0.25) is 4.79 Å². The van der Waals surface area contributed by atoms with Crippen molar-refractivity contribution in [2.45, 2.75) is 12.3 Å². The highest BCUT2D eigenvalue weighted by atomic mass is 35.5. The molecule has 0 aromatic heterocycles. The summed E-state index contributed by atoms with van der Waals surface area (Å²) in [7, 11) is 0. The first-order valence-electron chi connectivity index (χ1n) is 4.05. The highest BCUT2D eigenvalue weighted by Gasteiger charge is 2.05. The average molecular weight is 194 g/mol. The zero-order valence-electron chi connectivity index (χ0n) is 7.12. The van der Waals surface area contributed by atoms with Crippen molar-refractivity contribution in [3.8, 4) is 0 Å². The molecule has 1 heterocycles. The maximum atomic E-state index is 10.9. The molecule has 1 aromatic rings. The molecule has 0 radical (unpaired) electrons. The van der Waals surface area contributed by atoms with Gasteiger partial charge in [0.1, 0.15) is 0 Å². The van der Waals surface area contributed by atoms with Crippen molar-refractivity contribution in [2.75, 3.05) is 0 Å². The molecule has 2 rings (SSSR count). The number of carbonyl (C=O) groups is 1. The Balaban J connectivity index is 2.66. The summed E-state index contributed by atoms with van der Waals surface area (Å²) < 4.78 is 0. The Morgan fingerprint density at radius 2 is 2.23 bits per heavy atom. The first-order chi connectivity index (χ1) is 6.16. The summed E-state index contributed by atoms with van der Waals surface area (Å²) in [5.74, 6) is -0.186. The first-order valence-corrected chi connectivity index (χ1v) is 4.49. The summed E-state index contributed by atoms with van der Waals surface area (Å²) >= 11 is 5.91. The van der Waals surface area contributed by atoms with Gasteiger partial charge >= 0.3 is 0 Å². The van der Waals surface area contributed by atoms with E-state index in [4.69, 9.17) is 11.6 Å². The van der Waals surface area contributed by atoms with Gasteiger partial charge in [-0.05, 0) is 24.6 Å². The van der Waals surface area contributed by atoms with Crippen LogP contribution in [0.2, 0.25) is 0 Å². The minimum Gasteiger partial charge on any atom is -0.267 e. The summed E-state index contributed by atoms with van der Waals surface area (Å²) in [5.41, 5.74) is 1.02. The second kappa shape index (κ2) is 2.96. The highest BCUT2D eigenvalue weighted by Crippen LogP contribution is 2.16. The lowest BCUT2D eigenvalue weighted by Crippen LogP contribution is -2.21. The Bertz CT molecular complexity index is 476. The molecule has 0 saturated carbocycles. The molecule has 0 spiro atoms. The van der Waals surface area contributed by atoms with Crippen LogP contribution in [0.4, 0.5) is 0 Å². The molecular weight excluding hydrogens is 186 g/mol. The monoisotopic (exact) mass is 193 g/mol. The zero-order valence-corrected chi connectivity index (χ0v) is 7.88. The molecule has 13 heavy (non-hydrogen) atoms. The lowest BCUT2D eigenvalue weighted by Gasteiger charge is -2.00. The number of amides is 1. The number of rotatable bonds is 1. The SMILES string of the molecule is CC(Cl)c1ccc2c(c1)=CC(=O)N=2. The van der Waals surface area contributed by atoms with E-state index < -0.39 is 0 Å². The van der Waals surface area contributed by atoms with Crippen LogP contribution in [0.15, 0.2) is 23.2 Å². The molecule has 0 N–H and O–H groups in total. The summed E-state index contributed by atoms with van der Waals surface area (Å²) in [6.07, 6.45) is 1.53. The summed E-state index contributed by atoms with van der Waals surface area (Å²) in [5, 5.41) is 1.58. The van der Waals surface area contributed by atoms with Gasteiger partial charge in [-0.15, -0.1) is 11.6 Å². The minimum absolute atomic E-state index is 0.0330. The smallest absolute Gasteiger partial charge is 0.267 e. The fraction of sp³-hybridized carbons (Fsp3) is 0.200. The number of hydrogen-bond acceptors (Lipinski definition) is 1. The van der Waals surface area contributed by atoms with Gasteiger partial charge in [0, 0.05) is 11.3 Å². The van der Waals surface area contributed by atoms with Crippen LogP contribution in [-0.2, 0) is 4.79 Å². The van der Waals surface area contributed by atoms with Crippen LogP contribution in [0.25, 0.3) is 6.08 Å². The molecule has 66 valence electrons. The summed E-state index contributed by atoms with van der Waals surface area (Å²) in [4.78, 5) is 14.7. The first kappa shape index (κ1) is 8.45. The Morgan fingerprint density at radius 3 is 2.92 bits per heavy atom. The van der Waals surface area contributed by atoms with Gasteiger partial charge in [-0.1, -0.05) is 6.07 Å². The molecule has 3 heteroatoms. The number of halogens is 1. The second-order valence-corrected chi connectivity index (χ2v) is 3.68. The third-order valence-corrected chi connectivity index (χ3v) is 2.27. The highest BCUT2D eigenvalue weighted by molar-refractivity contribution is 6.20. The maximum Gasteiger partial charge on any atom is 0.270 e. The van der Waals surface area contributed by atoms with Gasteiger partial charge in [0.15, 0.2) is 0 Å². The van der Waals surface area contributed by atoms with E-state index in [1.54, 1.807) is 0 Å². The molecule has 1 unspecified atom stereocenters. The fourth-order valence-electron chi connectivity index (χ4n) is 1.32. The van der Waals surface area contributed by atoms with Crippen LogP contribution < -0.4 is 10.6 Å². The fourth-order valence-corrected chi connectivity index (χ4v) is 1.46. The predicted octanol–water partition coefficient (Wildman–Crippen LogP) is 0.927. The third-order valence-electron chi connectivity index (χ3n) is 2.02. The van der Waals surface area contributed by atoms with Crippen LogP contribution in [0.1, 0.15) is 17.9 Å². The van der Waals surface area contributed by atoms with Crippen molar-refractivity contribution in [1.82, 2.24) is 0 Å². The summed E-state index contributed by atoms with van der Waals surface area (Å²) in [6.45, 7) is 1.90. The van der Waals surface area contributed by atoms with Crippen molar-refractivity contribution in [2.24, 2.45) is 4.99 Å². The number of nitrogens with zero attached hydrogens (tertiary/aromatic N) is 1. The van der Waals surface area contributed by atoms with Gasteiger partial charge in [-0.25, -0.2) is 4.99 Å². The van der Waals surface area contributed by atoms with E-state index in [0.717, 1.165) is 16.1 Å². The summed E-state index contributed by atoms with van der Waals surface area (Å²) in [6, 6.07) is 5.62. The average Bonchev–Trinajstić information content (AvgIpc) is 2.42. The largest absolute Gasteiger partial charge is 0.270 e. The molecule has 1 atom stereocenters. The standard InChI is InChI=1S/C10H8ClNO/c1-6(11)7-2-3-9-8(4-7)5-10(13)12-9/h2-6H,1H3. The number of alkyl halides is 1. The predicted molar refractivity (Wildman–Crippen MR) is 51.0 cm³/mol. The van der Waals surface area contributed by atoms with E-state index in [1.807, 2.05) is 25.1 Å². The minimum atomic E-state index is -0.186. The van der Waals surface area contributed by atoms with E-state index >= 15 is 0 Å². The topological polar surface area (TPSA) is 29.4 Å². The normalized spacial score (nSPS) is 16.0. The molecule has 1 aliphatic rings. The number of benzene rings is 1. The Kier molecular flexibility index (Phi) is 1.93. The Labute approximate surface area is 80.6 Å². The molecule has 1 amide bonds. The van der Waals surface area contributed by atoms with Gasteiger partial charge in [0.05, 0.1) is 10.7 Å². The molecular formula is C10H8ClNO. The van der Waals surface area contributed by atoms with Crippen LogP contribution >= 0.6 is 11.6 Å². The van der Waals surface area contributed by atoms with Gasteiger partial charge < -0.3 is 0 Å². The van der Waals surface area contributed by atoms with Crippen molar-refractivity contribution in [3.05, 3.63) is 34.3 Å². The van der Waals surface area contributed by atoms with Crippen molar-refractivity contribution in [1.29, 1.82) is 0 Å². The molecule has 0 bridgehead atoms. The number of hydrogen-bond donors (Lipinski definition) is 0. The van der Waals surface area contributed by atoms with E-state index in [0.29, 0.717) is 0 Å². The molecule has 2 nitrogen and oxygen atoms in total. The van der Waals surface area contributed by atoms with E-state index in [2.05, 4.69) is 4.99 Å². The Morgan fingerprint density at radius 1 is 1.46 bits per heavy atom. The molecule has 0 fully saturated rings. The number of carbonyl (C=O) groups excluding carboxylic acids is 1. The van der Waals surface area contributed by atoms with Gasteiger partial charge in [0.2, 0.25) is 0 Å². The second-order valence-electron chi connectivity index (χ2n) is 3.03. The van der Waals surface area contributed by atoms with E-state index in [9.17, 15) is 4.79 Å². The van der Waals surface area contributed by atoms with Crippen molar-refractivity contribution < 1.29 is 4.79 Å². The maximum absolute atomic E-state index is 10.9. The lowest BCUT2D eigenvalue weighted by atomic mass is 10.1. The zero-order chi connectivity index (χ0) is 9.42. The van der Waals surface area contributed by atoms with Crippen molar-refractivity contribution in [3.63, 3.8) is 0 Å². The van der Waals surface area contributed by atoms with Crippen LogP contribution in [-0.4, -0.2) is 5.91 Å². The number of fused-ring (bicyclic) bond motifs is 1. The molecule has 1 aromatic carbocycles. The van der Waals surface area contributed by atoms with Crippen LogP contribution in [0.5, 0.6) is 0 Å². The van der Waals surface area contributed by atoms with E-state index in [1.165, 1.54) is 6.08 Å². The van der Waals surface area contributed by atoms with E-state index in [-0.39, 0.29) is 11.3 Å². The quantitative estimate of drug-likeness (QED) is 0.610. The third kappa shape index (κ3) is 1.49.